The molecule has 21 heavy (non-hydrogen) atoms. The minimum absolute atomic E-state index is 0.0112. The molecule has 1 aromatic heterocycles. The normalized spacial score (nSPS) is 16.0. The van der Waals surface area contributed by atoms with Crippen molar-refractivity contribution in [3.8, 4) is 5.75 Å². The molecule has 0 spiro atoms. The summed E-state index contributed by atoms with van der Waals surface area (Å²) in [4.78, 5) is 4.34. The second kappa shape index (κ2) is 6.03. The molecule has 1 aromatic carbocycles. The van der Waals surface area contributed by atoms with Gasteiger partial charge in [0, 0.05) is 22.5 Å². The van der Waals surface area contributed by atoms with Crippen LogP contribution in [0.2, 0.25) is 5.02 Å². The van der Waals surface area contributed by atoms with Gasteiger partial charge in [0.05, 0.1) is 0 Å². The summed E-state index contributed by atoms with van der Waals surface area (Å²) in [5.74, 6) is 2.47. The highest BCUT2D eigenvalue weighted by atomic mass is 35.5. The summed E-state index contributed by atoms with van der Waals surface area (Å²) in [6.07, 6.45) is 2.95. The van der Waals surface area contributed by atoms with Crippen LogP contribution in [0.25, 0.3) is 0 Å². The van der Waals surface area contributed by atoms with E-state index in [1.807, 2.05) is 25.1 Å². The fourth-order valence-corrected chi connectivity index (χ4v) is 2.41. The topological polar surface area (TPSA) is 74.2 Å². The van der Waals surface area contributed by atoms with Gasteiger partial charge in [0.15, 0.2) is 12.4 Å². The lowest BCUT2D eigenvalue weighted by Crippen LogP contribution is -2.18. The maximum atomic E-state index is 6.22. The Morgan fingerprint density at radius 2 is 2.29 bits per heavy atom. The fraction of sp³-hybridized carbons (Fsp3) is 0.467. The van der Waals surface area contributed by atoms with Crippen molar-refractivity contribution in [2.24, 2.45) is 5.73 Å². The summed E-state index contributed by atoms with van der Waals surface area (Å²) >= 11 is 6.22. The van der Waals surface area contributed by atoms with E-state index in [0.29, 0.717) is 29.0 Å². The van der Waals surface area contributed by atoms with Crippen molar-refractivity contribution in [2.45, 2.75) is 44.8 Å². The lowest BCUT2D eigenvalue weighted by atomic mass is 10.1. The molecule has 1 heterocycles. The molecular formula is C15H18ClN3O2. The zero-order valence-electron chi connectivity index (χ0n) is 11.9. The van der Waals surface area contributed by atoms with Gasteiger partial charge in [-0.15, -0.1) is 0 Å². The van der Waals surface area contributed by atoms with Gasteiger partial charge in [0.1, 0.15) is 5.75 Å². The zero-order valence-corrected chi connectivity index (χ0v) is 12.6. The van der Waals surface area contributed by atoms with E-state index in [9.17, 15) is 0 Å². The monoisotopic (exact) mass is 307 g/mol. The van der Waals surface area contributed by atoms with Gasteiger partial charge in [-0.2, -0.15) is 4.98 Å². The number of ether oxygens (including phenoxy) is 1. The predicted octanol–water partition coefficient (Wildman–Crippen LogP) is 3.07. The molecule has 3 rings (SSSR count). The van der Waals surface area contributed by atoms with Gasteiger partial charge in [-0.1, -0.05) is 22.8 Å². The highest BCUT2D eigenvalue weighted by Crippen LogP contribution is 2.38. The van der Waals surface area contributed by atoms with Crippen LogP contribution in [0.4, 0.5) is 0 Å². The average Bonchev–Trinajstić information content (AvgIpc) is 3.19. The number of nitrogens with zero attached hydrogens (tertiary/aromatic N) is 2. The molecule has 0 bridgehead atoms. The Morgan fingerprint density at radius 3 is 3.00 bits per heavy atom. The van der Waals surface area contributed by atoms with Gasteiger partial charge in [0.25, 0.3) is 5.89 Å². The van der Waals surface area contributed by atoms with E-state index in [1.165, 1.54) is 0 Å². The van der Waals surface area contributed by atoms with E-state index >= 15 is 0 Å². The third kappa shape index (κ3) is 3.54. The van der Waals surface area contributed by atoms with Crippen molar-refractivity contribution in [2.75, 3.05) is 0 Å². The predicted molar refractivity (Wildman–Crippen MR) is 79.4 cm³/mol. The summed E-state index contributed by atoms with van der Waals surface area (Å²) < 4.78 is 11.0. The second-order valence-corrected chi connectivity index (χ2v) is 5.91. The van der Waals surface area contributed by atoms with Gasteiger partial charge in [-0.05, 0) is 38.3 Å². The highest BCUT2D eigenvalue weighted by Gasteiger charge is 2.28. The Labute approximate surface area is 128 Å². The van der Waals surface area contributed by atoms with Crippen molar-refractivity contribution in [3.05, 3.63) is 40.5 Å². The molecule has 1 saturated carbocycles. The molecule has 1 unspecified atom stereocenters. The van der Waals surface area contributed by atoms with Crippen molar-refractivity contribution >= 4 is 11.6 Å². The maximum Gasteiger partial charge on any atom is 0.264 e. The fourth-order valence-electron chi connectivity index (χ4n) is 2.17. The van der Waals surface area contributed by atoms with Crippen LogP contribution in [-0.2, 0) is 13.0 Å². The van der Waals surface area contributed by atoms with Crippen LogP contribution in [0, 0.1) is 0 Å². The quantitative estimate of drug-likeness (QED) is 0.887. The second-order valence-electron chi connectivity index (χ2n) is 5.51. The number of hydrogen-bond donors (Lipinski definition) is 1. The summed E-state index contributed by atoms with van der Waals surface area (Å²) in [5, 5.41) is 4.63. The Balaban J connectivity index is 1.70. The third-order valence-electron chi connectivity index (χ3n) is 3.38. The molecule has 0 aliphatic heterocycles. The van der Waals surface area contributed by atoms with E-state index in [2.05, 4.69) is 10.1 Å². The smallest absolute Gasteiger partial charge is 0.264 e. The lowest BCUT2D eigenvalue weighted by molar-refractivity contribution is 0.240. The Bertz CT molecular complexity index is 623. The van der Waals surface area contributed by atoms with E-state index in [0.717, 1.165) is 24.2 Å². The lowest BCUT2D eigenvalue weighted by Gasteiger charge is -2.13. The van der Waals surface area contributed by atoms with Crippen LogP contribution < -0.4 is 10.5 Å². The third-order valence-corrected chi connectivity index (χ3v) is 3.73. The number of rotatable bonds is 6. The molecule has 1 aliphatic carbocycles. The summed E-state index contributed by atoms with van der Waals surface area (Å²) in [7, 11) is 0. The number of nitrogens with two attached hydrogens (primary N) is 1. The first-order valence-corrected chi connectivity index (χ1v) is 7.49. The first-order chi connectivity index (χ1) is 10.1. The van der Waals surface area contributed by atoms with E-state index in [1.54, 1.807) is 0 Å². The Kier molecular flexibility index (Phi) is 4.12. The van der Waals surface area contributed by atoms with Gasteiger partial charge >= 0.3 is 0 Å². The Hall–Kier alpha value is -1.59. The maximum absolute atomic E-state index is 6.22. The SMILES string of the molecule is CC(N)Cc1c(Cl)cccc1OCc1nc(C2CC2)no1. The molecule has 0 saturated heterocycles. The molecule has 1 atom stereocenters. The molecule has 0 radical (unpaired) electrons. The molecule has 0 amide bonds. The van der Waals surface area contributed by atoms with Crippen LogP contribution in [0.15, 0.2) is 22.7 Å². The van der Waals surface area contributed by atoms with Gasteiger partial charge in [-0.3, -0.25) is 0 Å². The van der Waals surface area contributed by atoms with Crippen molar-refractivity contribution in [3.63, 3.8) is 0 Å². The Morgan fingerprint density at radius 1 is 1.48 bits per heavy atom. The van der Waals surface area contributed by atoms with E-state index in [4.69, 9.17) is 26.6 Å². The summed E-state index contributed by atoms with van der Waals surface area (Å²) in [6.45, 7) is 2.18. The molecule has 1 aliphatic rings. The van der Waals surface area contributed by atoms with E-state index in [-0.39, 0.29) is 12.6 Å². The molecule has 1 fully saturated rings. The van der Waals surface area contributed by atoms with Crippen LogP contribution >= 0.6 is 11.6 Å². The largest absolute Gasteiger partial charge is 0.483 e. The van der Waals surface area contributed by atoms with Crippen molar-refractivity contribution < 1.29 is 9.26 Å². The number of benzene rings is 1. The standard InChI is InChI=1S/C15H18ClN3O2/c1-9(17)7-11-12(16)3-2-4-13(11)20-8-14-18-15(19-21-14)10-5-6-10/h2-4,9-10H,5-8,17H2,1H3. The van der Waals surface area contributed by atoms with Gasteiger partial charge < -0.3 is 15.0 Å². The summed E-state index contributed by atoms with van der Waals surface area (Å²) in [5.41, 5.74) is 6.77. The summed E-state index contributed by atoms with van der Waals surface area (Å²) in [6, 6.07) is 5.58. The number of aromatic nitrogens is 2. The first-order valence-electron chi connectivity index (χ1n) is 7.11. The minimum Gasteiger partial charge on any atom is -0.483 e. The van der Waals surface area contributed by atoms with Crippen molar-refractivity contribution in [1.82, 2.24) is 10.1 Å². The molecule has 6 heteroatoms. The first kappa shape index (κ1) is 14.4. The molecular weight excluding hydrogens is 290 g/mol. The molecule has 112 valence electrons. The van der Waals surface area contributed by atoms with Crippen LogP contribution in [0.5, 0.6) is 5.75 Å². The molecule has 2 aromatic rings. The van der Waals surface area contributed by atoms with E-state index < -0.39 is 0 Å². The van der Waals surface area contributed by atoms with Gasteiger partial charge in [0.2, 0.25) is 0 Å². The highest BCUT2D eigenvalue weighted by molar-refractivity contribution is 6.31. The number of halogens is 1. The number of hydrogen-bond acceptors (Lipinski definition) is 5. The zero-order chi connectivity index (χ0) is 14.8. The average molecular weight is 308 g/mol. The molecule has 2 N–H and O–H groups in total. The van der Waals surface area contributed by atoms with Gasteiger partial charge in [-0.25, -0.2) is 0 Å². The van der Waals surface area contributed by atoms with Crippen LogP contribution in [0.1, 0.15) is 43.0 Å². The minimum atomic E-state index is 0.0112. The van der Waals surface area contributed by atoms with Crippen LogP contribution in [0.3, 0.4) is 0 Å². The molecule has 5 nitrogen and oxygen atoms in total. The van der Waals surface area contributed by atoms with Crippen LogP contribution in [-0.4, -0.2) is 16.2 Å². The van der Waals surface area contributed by atoms with Crippen molar-refractivity contribution in [1.29, 1.82) is 0 Å².